The Hall–Kier alpha value is -9.15. The Kier molecular flexibility index (Phi) is 41.8. The van der Waals surface area contributed by atoms with E-state index in [0.29, 0.717) is 205 Å². The number of anilines is 3. The molecule has 36 heteroatoms. The Morgan fingerprint density at radius 2 is 0.981 bits per heavy atom. The topological polar surface area (TPSA) is 473 Å². The molecule has 36 nitrogen and oxygen atoms in total. The molecule has 6 rings (SSSR count). The number of aromatic nitrogens is 7. The van der Waals surface area contributed by atoms with E-state index in [2.05, 4.69) is 61.7 Å². The van der Waals surface area contributed by atoms with E-state index in [0.717, 1.165) is 16.8 Å². The van der Waals surface area contributed by atoms with E-state index in [4.69, 9.17) is 78.2 Å². The Morgan fingerprint density at radius 1 is 0.519 bits per heavy atom. The Balaban J connectivity index is 0.593. The molecule has 0 aliphatic carbocycles. The van der Waals surface area contributed by atoms with Crippen molar-refractivity contribution in [2.24, 2.45) is 21.9 Å². The van der Waals surface area contributed by atoms with E-state index in [1.807, 2.05) is 30.5 Å². The number of fused-ring (bicyclic) bond motifs is 1. The van der Waals surface area contributed by atoms with Gasteiger partial charge in [0.05, 0.1) is 201 Å². The first kappa shape index (κ1) is 83.8. The molecule has 3 aromatic heterocycles. The van der Waals surface area contributed by atoms with E-state index in [1.54, 1.807) is 53.2 Å². The summed E-state index contributed by atoms with van der Waals surface area (Å²) >= 11 is 0. The van der Waals surface area contributed by atoms with Crippen LogP contribution in [0.1, 0.15) is 55.3 Å². The summed E-state index contributed by atoms with van der Waals surface area (Å²) in [6.45, 7) is 10.8. The second kappa shape index (κ2) is 51.9. The first-order valence-electron chi connectivity index (χ1n) is 34.2. The summed E-state index contributed by atoms with van der Waals surface area (Å²) in [5.74, 6) is -4.18. The highest BCUT2D eigenvalue weighted by Crippen LogP contribution is 2.24. The number of aliphatic carboxylic acids is 2. The summed E-state index contributed by atoms with van der Waals surface area (Å²) in [6.07, 6.45) is 4.30. The number of hydrogen-bond donors (Lipinski definition) is 9. The number of carboxylic acid groups (broad SMARTS) is 2. The van der Waals surface area contributed by atoms with Crippen LogP contribution in [0.2, 0.25) is 0 Å². The van der Waals surface area contributed by atoms with Gasteiger partial charge in [0.15, 0.2) is 5.65 Å². The van der Waals surface area contributed by atoms with Crippen LogP contribution in [-0.2, 0) is 112 Å². The highest BCUT2D eigenvalue weighted by atomic mass is 16.6. The lowest BCUT2D eigenvalue weighted by Gasteiger charge is -2.14. The summed E-state index contributed by atoms with van der Waals surface area (Å²) in [5.41, 5.74) is 16.8. The van der Waals surface area contributed by atoms with Crippen molar-refractivity contribution in [2.45, 2.75) is 70.7 Å². The summed E-state index contributed by atoms with van der Waals surface area (Å²) in [4.78, 5) is 87.3. The van der Waals surface area contributed by atoms with Gasteiger partial charge >= 0.3 is 11.9 Å². The molecule has 0 aliphatic heterocycles. The number of amides is 4. The van der Waals surface area contributed by atoms with Gasteiger partial charge in [-0.1, -0.05) is 29.5 Å². The molecule has 2 atom stereocenters. The second-order valence-electron chi connectivity index (χ2n) is 22.7. The molecule has 0 aliphatic rings. The van der Waals surface area contributed by atoms with E-state index in [1.165, 1.54) is 6.33 Å². The number of rotatable bonds is 61. The maximum absolute atomic E-state index is 12.5. The lowest BCUT2D eigenvalue weighted by molar-refractivity contribution is -0.144. The molecule has 0 saturated heterocycles. The number of carboxylic acids is 2. The number of azo groups is 1. The van der Waals surface area contributed by atoms with Gasteiger partial charge in [0, 0.05) is 49.8 Å². The number of aryl methyl sites for hydroxylation is 1. The van der Waals surface area contributed by atoms with Crippen molar-refractivity contribution in [3.05, 3.63) is 102 Å². The number of benzene rings is 3. The van der Waals surface area contributed by atoms with E-state index in [-0.39, 0.29) is 88.6 Å². The number of nitrogens with two attached hydrogens (primary N) is 2. The van der Waals surface area contributed by atoms with Crippen LogP contribution in [0.3, 0.4) is 0 Å². The fraction of sp³-hybridized carbons (Fsp3) is 0.544. The summed E-state index contributed by atoms with van der Waals surface area (Å²) in [6, 6.07) is 19.6. The molecule has 0 fully saturated rings. The molecule has 0 radical (unpaired) electrons. The third kappa shape index (κ3) is 37.9. The van der Waals surface area contributed by atoms with Crippen LogP contribution in [0.25, 0.3) is 11.2 Å². The normalized spacial score (nSPS) is 12.0. The number of ether oxygens (including phenoxy) is 13. The zero-order valence-corrected chi connectivity index (χ0v) is 58.4. The minimum Gasteiger partial charge on any atom is -0.481 e. The Bertz CT molecular complexity index is 3430. The van der Waals surface area contributed by atoms with Gasteiger partial charge in [-0.05, 0) is 78.9 Å². The molecule has 4 amide bonds. The number of aromatic amines is 1. The molecular weight excluding hydrogens is 1360 g/mol. The molecule has 0 saturated carbocycles. The number of nitrogens with zero attached hydrogens (tertiary/aromatic N) is 8. The summed E-state index contributed by atoms with van der Waals surface area (Å²) < 4.78 is 74.0. The summed E-state index contributed by atoms with van der Waals surface area (Å²) in [7, 11) is 0. The average Bonchev–Trinajstić information content (AvgIpc) is 1.66. The number of nitrogens with one attached hydrogen (secondary N) is 5. The summed E-state index contributed by atoms with van der Waals surface area (Å²) in [5, 5.41) is 45.9. The van der Waals surface area contributed by atoms with Gasteiger partial charge in [0.2, 0.25) is 35.5 Å². The van der Waals surface area contributed by atoms with Crippen LogP contribution < -0.4 is 37.5 Å². The highest BCUT2D eigenvalue weighted by Gasteiger charge is 2.24. The molecular formula is C68H97N15O21. The zero-order valence-electron chi connectivity index (χ0n) is 58.4. The Morgan fingerprint density at radius 3 is 1.47 bits per heavy atom. The molecule has 3 aromatic carbocycles. The number of carbonyl (C=O) groups is 6. The quantitative estimate of drug-likeness (QED) is 0.0194. The van der Waals surface area contributed by atoms with Crippen LogP contribution in [-0.4, -0.2) is 252 Å². The number of carbonyl (C=O) groups excluding carboxylic acids is 4. The van der Waals surface area contributed by atoms with Gasteiger partial charge in [-0.2, -0.15) is 20.2 Å². The minimum atomic E-state index is -1.29. The molecule has 11 N–H and O–H groups in total. The smallest absolute Gasteiger partial charge is 0.320 e. The maximum Gasteiger partial charge on any atom is 0.320 e. The van der Waals surface area contributed by atoms with Crippen LogP contribution in [0.15, 0.2) is 95.5 Å². The van der Waals surface area contributed by atoms with Crippen molar-refractivity contribution in [3.63, 3.8) is 0 Å². The SMILES string of the molecule is Nc1nc(OCc2ccc(CNC(=O)CCc3cn(CCOCCOCCOCCOCCOCCOCCOCCOCCOCCOCCOCCOCCC(=O)NCC(=O)Nc4ccc(N=Nc5ccc(NC(=O)CCC[C@H](C[C@H](N)C(=O)O)C(=O)O)cc5)cc4)nn3)cc2)c2[nH]cnc2n1. The van der Waals surface area contributed by atoms with Crippen molar-refractivity contribution in [2.75, 3.05) is 181 Å². The van der Waals surface area contributed by atoms with Crippen molar-refractivity contribution in [1.82, 2.24) is 45.6 Å². The maximum atomic E-state index is 12.5. The number of hydrogen-bond acceptors (Lipinski definition) is 28. The zero-order chi connectivity index (χ0) is 73.9. The van der Waals surface area contributed by atoms with Gasteiger partial charge in [-0.15, -0.1) is 5.10 Å². The van der Waals surface area contributed by atoms with Crippen molar-refractivity contribution in [1.29, 1.82) is 0 Å². The number of nitrogen functional groups attached to an aromatic ring is 1. The standard InChI is InChI=1S/C68H97N15O21/c69-58(67(90)91)44-52(66(88)89)2-1-3-61(86)75-53-8-12-55(13-9-53)79-80-56-14-10-54(11-15-56)76-62(87)46-72-60(85)18-20-92-22-24-94-26-28-96-30-32-98-34-36-100-38-40-102-42-43-103-41-39-101-37-35-99-33-31-97-29-27-95-25-23-93-21-19-83-47-57(81-82-83)16-17-59(84)71-45-50-4-6-51(7-5-50)48-104-65-63-64(74-49-73-63)77-68(70)78-65/h4-15,47,49,52,58H,1-3,16-46,48,69H2,(H,71,84)(H,72,85)(H,75,86)(H,76,87)(H,88,89)(H,90,91)(H3,70,73,74,77,78)/t52-,58+/m1/s1. The Labute approximate surface area is 601 Å². The molecule has 6 aromatic rings. The molecule has 0 unspecified atom stereocenters. The van der Waals surface area contributed by atoms with Crippen molar-refractivity contribution in [3.8, 4) is 5.88 Å². The average molecular weight is 1460 g/mol. The van der Waals surface area contributed by atoms with Crippen LogP contribution in [0.5, 0.6) is 5.88 Å². The highest BCUT2D eigenvalue weighted by molar-refractivity contribution is 5.94. The number of H-pyrrole nitrogens is 1. The monoisotopic (exact) mass is 1460 g/mol. The van der Waals surface area contributed by atoms with Gasteiger partial charge in [0.1, 0.15) is 18.2 Å². The van der Waals surface area contributed by atoms with Gasteiger partial charge in [0.25, 0.3) is 0 Å². The molecule has 104 heavy (non-hydrogen) atoms. The predicted molar refractivity (Wildman–Crippen MR) is 374 cm³/mol. The van der Waals surface area contributed by atoms with Crippen molar-refractivity contribution < 1.29 is 101 Å². The molecule has 3 heterocycles. The predicted octanol–water partition coefficient (Wildman–Crippen LogP) is 3.73. The van der Waals surface area contributed by atoms with E-state index < -0.39 is 29.8 Å². The van der Waals surface area contributed by atoms with Crippen LogP contribution in [0, 0.1) is 5.92 Å². The van der Waals surface area contributed by atoms with Crippen molar-refractivity contribution >= 4 is 75.4 Å². The lowest BCUT2D eigenvalue weighted by Crippen LogP contribution is -2.34. The third-order valence-electron chi connectivity index (χ3n) is 14.6. The van der Waals surface area contributed by atoms with Crippen LogP contribution in [0.4, 0.5) is 28.7 Å². The van der Waals surface area contributed by atoms with Gasteiger partial charge < -0.3 is 110 Å². The second-order valence-corrected chi connectivity index (χ2v) is 22.7. The fourth-order valence-corrected chi connectivity index (χ4v) is 9.06. The molecule has 0 spiro atoms. The number of imidazole rings is 1. The molecule has 0 bridgehead atoms. The van der Waals surface area contributed by atoms with Gasteiger partial charge in [-0.25, -0.2) is 9.67 Å². The van der Waals surface area contributed by atoms with E-state index >= 15 is 0 Å². The van der Waals surface area contributed by atoms with Gasteiger partial charge in [-0.3, -0.25) is 28.8 Å². The van der Waals surface area contributed by atoms with Crippen LogP contribution >= 0.6 is 0 Å². The first-order chi connectivity index (χ1) is 50.8. The fourth-order valence-electron chi connectivity index (χ4n) is 9.06. The first-order valence-corrected chi connectivity index (χ1v) is 34.2. The molecule has 570 valence electrons. The third-order valence-corrected chi connectivity index (χ3v) is 14.6. The lowest BCUT2D eigenvalue weighted by atomic mass is 9.94. The largest absolute Gasteiger partial charge is 0.481 e. The van der Waals surface area contributed by atoms with E-state index in [9.17, 15) is 33.9 Å². The minimum absolute atomic E-state index is 0.0404.